The molecular weight excluding hydrogens is 228 g/mol. The highest BCUT2D eigenvalue weighted by Gasteiger charge is 2.14. The molecule has 0 aliphatic heterocycles. The zero-order valence-electron chi connectivity index (χ0n) is 10.4. The summed E-state index contributed by atoms with van der Waals surface area (Å²) in [4.78, 5) is 23.4. The monoisotopic (exact) mass is 248 g/mol. The van der Waals surface area contributed by atoms with Gasteiger partial charge in [0.1, 0.15) is 0 Å². The Labute approximate surface area is 101 Å². The van der Waals surface area contributed by atoms with Crippen LogP contribution in [0.25, 0.3) is 0 Å². The second kappa shape index (κ2) is 8.77. The summed E-state index contributed by atoms with van der Waals surface area (Å²) in [6.45, 7) is 1.09. The molecule has 100 valence electrons. The van der Waals surface area contributed by atoms with E-state index in [2.05, 4.69) is 5.32 Å². The number of nitrogens with zero attached hydrogens (tertiary/aromatic N) is 1. The molecule has 0 saturated heterocycles. The molecule has 0 aliphatic carbocycles. The predicted molar refractivity (Wildman–Crippen MR) is 61.0 cm³/mol. The Bertz CT molecular complexity index is 247. The summed E-state index contributed by atoms with van der Waals surface area (Å²) >= 11 is 0. The van der Waals surface area contributed by atoms with Crippen molar-refractivity contribution in [3.63, 3.8) is 0 Å². The molecule has 2 amide bonds. The molecule has 0 aromatic carbocycles. The van der Waals surface area contributed by atoms with E-state index in [1.807, 2.05) is 0 Å². The van der Waals surface area contributed by atoms with Crippen LogP contribution >= 0.6 is 0 Å². The molecule has 0 spiro atoms. The fraction of sp³-hybridized carbons (Fsp3) is 0.800. The van der Waals surface area contributed by atoms with Gasteiger partial charge in [0.05, 0.1) is 19.1 Å². The molecule has 0 aromatic heterocycles. The highest BCUT2D eigenvalue weighted by Crippen LogP contribution is 1.96. The van der Waals surface area contributed by atoms with E-state index in [0.717, 1.165) is 0 Å². The van der Waals surface area contributed by atoms with Gasteiger partial charge in [-0.2, -0.15) is 0 Å². The van der Waals surface area contributed by atoms with Gasteiger partial charge < -0.3 is 24.8 Å². The third kappa shape index (κ3) is 7.53. The second-order valence-corrected chi connectivity index (χ2v) is 3.56. The van der Waals surface area contributed by atoms with Crippen molar-refractivity contribution < 1.29 is 24.2 Å². The first-order valence-electron chi connectivity index (χ1n) is 5.23. The zero-order chi connectivity index (χ0) is 13.3. The van der Waals surface area contributed by atoms with E-state index in [4.69, 9.17) is 14.6 Å². The van der Waals surface area contributed by atoms with E-state index in [9.17, 15) is 9.59 Å². The average molecular weight is 248 g/mol. The summed E-state index contributed by atoms with van der Waals surface area (Å²) in [6, 6.07) is -0.283. The lowest BCUT2D eigenvalue weighted by Crippen LogP contribution is -2.42. The van der Waals surface area contributed by atoms with Gasteiger partial charge in [-0.25, -0.2) is 4.79 Å². The summed E-state index contributed by atoms with van der Waals surface area (Å²) < 4.78 is 9.77. The molecule has 0 rings (SSSR count). The third-order valence-corrected chi connectivity index (χ3v) is 2.19. The topological polar surface area (TPSA) is 88.1 Å². The van der Waals surface area contributed by atoms with Gasteiger partial charge in [0.2, 0.25) is 0 Å². The Morgan fingerprint density at radius 3 is 2.53 bits per heavy atom. The molecule has 0 saturated carbocycles. The molecule has 0 bridgehead atoms. The molecule has 17 heavy (non-hydrogen) atoms. The lowest BCUT2D eigenvalue weighted by Gasteiger charge is -2.19. The van der Waals surface area contributed by atoms with E-state index >= 15 is 0 Å². The van der Waals surface area contributed by atoms with Crippen LogP contribution in [0, 0.1) is 0 Å². The molecule has 2 N–H and O–H groups in total. The van der Waals surface area contributed by atoms with Gasteiger partial charge in [-0.1, -0.05) is 0 Å². The second-order valence-electron chi connectivity index (χ2n) is 3.56. The normalized spacial score (nSPS) is 11.9. The lowest BCUT2D eigenvalue weighted by molar-refractivity contribution is -0.139. The summed E-state index contributed by atoms with van der Waals surface area (Å²) in [6.07, 6.45) is -0.661. The van der Waals surface area contributed by atoms with E-state index in [1.54, 1.807) is 14.2 Å². The number of hydrogen-bond donors (Lipinski definition) is 2. The van der Waals surface area contributed by atoms with Gasteiger partial charge in [0.15, 0.2) is 0 Å². The third-order valence-electron chi connectivity index (χ3n) is 2.19. The minimum atomic E-state index is -0.959. The van der Waals surface area contributed by atoms with E-state index in [-0.39, 0.29) is 19.0 Å². The van der Waals surface area contributed by atoms with Gasteiger partial charge in [0.25, 0.3) is 0 Å². The van der Waals surface area contributed by atoms with Crippen molar-refractivity contribution in [3.8, 4) is 0 Å². The number of methoxy groups -OCH3 is 2. The molecule has 7 heteroatoms. The van der Waals surface area contributed by atoms with Crippen molar-refractivity contribution in [3.05, 3.63) is 0 Å². The number of carboxylic acid groups (broad SMARTS) is 1. The summed E-state index contributed by atoms with van der Waals surface area (Å²) in [7, 11) is 4.60. The number of hydrogen-bond acceptors (Lipinski definition) is 4. The van der Waals surface area contributed by atoms with Crippen LogP contribution in [0.1, 0.15) is 6.42 Å². The van der Waals surface area contributed by atoms with Crippen molar-refractivity contribution in [2.24, 2.45) is 0 Å². The van der Waals surface area contributed by atoms with Crippen LogP contribution in [0.5, 0.6) is 0 Å². The van der Waals surface area contributed by atoms with Crippen LogP contribution < -0.4 is 5.32 Å². The van der Waals surface area contributed by atoms with Crippen molar-refractivity contribution in [2.75, 3.05) is 41.0 Å². The van der Waals surface area contributed by atoms with Crippen LogP contribution in [0.2, 0.25) is 0 Å². The number of urea groups is 1. The minimum Gasteiger partial charge on any atom is -0.481 e. The predicted octanol–water partition coefficient (Wildman–Crippen LogP) is -0.236. The van der Waals surface area contributed by atoms with Gasteiger partial charge >= 0.3 is 12.0 Å². The van der Waals surface area contributed by atoms with Crippen LogP contribution in [0.4, 0.5) is 4.79 Å². The Hall–Kier alpha value is -1.34. The van der Waals surface area contributed by atoms with E-state index in [0.29, 0.717) is 13.2 Å². The highest BCUT2D eigenvalue weighted by atomic mass is 16.5. The fourth-order valence-electron chi connectivity index (χ4n) is 1.10. The fourth-order valence-corrected chi connectivity index (χ4v) is 1.10. The number of aliphatic carboxylic acids is 1. The first-order valence-corrected chi connectivity index (χ1v) is 5.23. The van der Waals surface area contributed by atoms with Crippen LogP contribution in [0.15, 0.2) is 0 Å². The summed E-state index contributed by atoms with van der Waals surface area (Å²) in [5.41, 5.74) is 0. The van der Waals surface area contributed by atoms with Gasteiger partial charge in [-0.05, 0) is 0 Å². The maximum absolute atomic E-state index is 11.5. The van der Waals surface area contributed by atoms with Crippen LogP contribution in [-0.4, -0.2) is 69.1 Å². The molecule has 0 aromatic rings. The Morgan fingerprint density at radius 1 is 1.41 bits per heavy atom. The lowest BCUT2D eigenvalue weighted by atomic mass is 10.2. The van der Waals surface area contributed by atoms with E-state index < -0.39 is 12.1 Å². The number of rotatable bonds is 8. The number of nitrogens with one attached hydrogen (secondary N) is 1. The SMILES string of the molecule is COCCN(C)C(=O)NCC(CC(=O)O)OC. The summed E-state index contributed by atoms with van der Waals surface area (Å²) in [5.74, 6) is -0.959. The zero-order valence-corrected chi connectivity index (χ0v) is 10.4. The maximum atomic E-state index is 11.5. The van der Waals surface area contributed by atoms with E-state index in [1.165, 1.54) is 12.0 Å². The summed E-state index contributed by atoms with van der Waals surface area (Å²) in [5, 5.41) is 11.2. The molecule has 0 heterocycles. The number of carbonyl (C=O) groups excluding carboxylic acids is 1. The average Bonchev–Trinajstić information content (AvgIpc) is 2.30. The number of likely N-dealkylation sites (N-methyl/N-ethyl adjacent to an activating group) is 1. The molecular formula is C10H20N2O5. The number of ether oxygens (including phenoxy) is 2. The van der Waals surface area contributed by atoms with Gasteiger partial charge in [-0.15, -0.1) is 0 Å². The number of carbonyl (C=O) groups is 2. The minimum absolute atomic E-state index is 0.140. The van der Waals surface area contributed by atoms with Gasteiger partial charge in [0, 0.05) is 34.4 Å². The standard InChI is InChI=1S/C10H20N2O5/c1-12(4-5-16-2)10(15)11-7-8(17-3)6-9(13)14/h8H,4-7H2,1-3H3,(H,11,15)(H,13,14). The smallest absolute Gasteiger partial charge is 0.317 e. The quantitative estimate of drug-likeness (QED) is 0.619. The Kier molecular flexibility index (Phi) is 8.08. The van der Waals surface area contributed by atoms with Crippen molar-refractivity contribution in [1.29, 1.82) is 0 Å². The highest BCUT2D eigenvalue weighted by molar-refractivity contribution is 5.74. The molecule has 0 aliphatic rings. The largest absolute Gasteiger partial charge is 0.481 e. The maximum Gasteiger partial charge on any atom is 0.317 e. The first kappa shape index (κ1) is 15.7. The number of amides is 2. The van der Waals surface area contributed by atoms with Crippen molar-refractivity contribution >= 4 is 12.0 Å². The molecule has 0 fully saturated rings. The van der Waals surface area contributed by atoms with Crippen molar-refractivity contribution in [2.45, 2.75) is 12.5 Å². The molecule has 1 atom stereocenters. The first-order chi connectivity index (χ1) is 8.01. The van der Waals surface area contributed by atoms with Crippen LogP contribution in [0.3, 0.4) is 0 Å². The Balaban J connectivity index is 3.90. The molecule has 1 unspecified atom stereocenters. The van der Waals surface area contributed by atoms with Crippen molar-refractivity contribution in [1.82, 2.24) is 10.2 Å². The van der Waals surface area contributed by atoms with Crippen LogP contribution in [-0.2, 0) is 14.3 Å². The van der Waals surface area contributed by atoms with Gasteiger partial charge in [-0.3, -0.25) is 4.79 Å². The molecule has 7 nitrogen and oxygen atoms in total. The number of carboxylic acids is 1. The Morgan fingerprint density at radius 2 is 2.06 bits per heavy atom. The molecule has 0 radical (unpaired) electrons.